The van der Waals surface area contributed by atoms with Crippen molar-refractivity contribution in [1.29, 1.82) is 0 Å². The SMILES string of the molecule is CCC(=C(c1ccc(O)cc1)c1ccc(OCCN(CC)CC)cc1)c1ccc2c(c1)OCO2. The lowest BCUT2D eigenvalue weighted by molar-refractivity contribution is 0.174. The van der Waals surface area contributed by atoms with Gasteiger partial charge in [-0.1, -0.05) is 51.1 Å². The minimum absolute atomic E-state index is 0.251. The number of allylic oxidation sites excluding steroid dienone is 1. The molecule has 34 heavy (non-hydrogen) atoms. The maximum absolute atomic E-state index is 9.85. The van der Waals surface area contributed by atoms with Crippen molar-refractivity contribution < 1.29 is 19.3 Å². The van der Waals surface area contributed by atoms with Crippen LogP contribution in [-0.4, -0.2) is 43.0 Å². The van der Waals surface area contributed by atoms with Crippen LogP contribution >= 0.6 is 0 Å². The van der Waals surface area contributed by atoms with E-state index < -0.39 is 0 Å². The van der Waals surface area contributed by atoms with E-state index in [9.17, 15) is 5.11 Å². The molecule has 0 atom stereocenters. The quantitative estimate of drug-likeness (QED) is 0.365. The molecular formula is C29H33NO4. The number of hydrogen-bond donors (Lipinski definition) is 1. The lowest BCUT2D eigenvalue weighted by Crippen LogP contribution is -2.27. The van der Waals surface area contributed by atoms with Gasteiger partial charge in [0.25, 0.3) is 0 Å². The van der Waals surface area contributed by atoms with Crippen molar-refractivity contribution in [3.05, 3.63) is 83.4 Å². The Hall–Kier alpha value is -3.44. The smallest absolute Gasteiger partial charge is 0.231 e. The van der Waals surface area contributed by atoms with Crippen LogP contribution in [0.3, 0.4) is 0 Å². The second kappa shape index (κ2) is 11.1. The molecule has 3 aromatic carbocycles. The average molecular weight is 460 g/mol. The topological polar surface area (TPSA) is 51.2 Å². The third kappa shape index (κ3) is 5.37. The molecule has 0 aliphatic carbocycles. The molecule has 178 valence electrons. The van der Waals surface area contributed by atoms with Crippen molar-refractivity contribution in [2.45, 2.75) is 27.2 Å². The van der Waals surface area contributed by atoms with E-state index >= 15 is 0 Å². The molecule has 0 unspecified atom stereocenters. The summed E-state index contributed by atoms with van der Waals surface area (Å²) in [6, 6.07) is 21.8. The molecule has 0 bridgehead atoms. The van der Waals surface area contributed by atoms with E-state index in [0.717, 1.165) is 65.6 Å². The highest BCUT2D eigenvalue weighted by Gasteiger charge is 2.18. The number of phenols is 1. The molecule has 4 rings (SSSR count). The highest BCUT2D eigenvalue weighted by molar-refractivity contribution is 5.99. The van der Waals surface area contributed by atoms with Gasteiger partial charge in [-0.3, -0.25) is 0 Å². The summed E-state index contributed by atoms with van der Waals surface area (Å²) < 4.78 is 17.1. The van der Waals surface area contributed by atoms with Gasteiger partial charge in [-0.25, -0.2) is 0 Å². The zero-order valence-corrected chi connectivity index (χ0v) is 20.2. The number of nitrogens with zero attached hydrogens (tertiary/aromatic N) is 1. The number of fused-ring (bicyclic) bond motifs is 1. The van der Waals surface area contributed by atoms with Crippen molar-refractivity contribution in [2.24, 2.45) is 0 Å². The predicted octanol–water partition coefficient (Wildman–Crippen LogP) is 6.21. The standard InChI is InChI=1S/C29H33NO4/c1-4-26(23-11-16-27-28(19-23)34-20-33-27)29(21-7-12-24(31)13-8-21)22-9-14-25(15-10-22)32-18-17-30(5-2)6-3/h7-16,19,31H,4-6,17-18,20H2,1-3H3. The summed E-state index contributed by atoms with van der Waals surface area (Å²) in [6.45, 7) is 10.4. The molecule has 1 heterocycles. The molecule has 1 N–H and O–H groups in total. The molecule has 1 aliphatic heterocycles. The van der Waals surface area contributed by atoms with Crippen LogP contribution in [0.25, 0.3) is 11.1 Å². The van der Waals surface area contributed by atoms with E-state index in [-0.39, 0.29) is 12.5 Å². The molecule has 3 aromatic rings. The van der Waals surface area contributed by atoms with Crippen molar-refractivity contribution in [3.63, 3.8) is 0 Å². The number of benzene rings is 3. The van der Waals surface area contributed by atoms with E-state index in [4.69, 9.17) is 14.2 Å². The second-order valence-electron chi connectivity index (χ2n) is 8.22. The van der Waals surface area contributed by atoms with Gasteiger partial charge in [0, 0.05) is 6.54 Å². The second-order valence-corrected chi connectivity index (χ2v) is 8.22. The minimum atomic E-state index is 0.251. The van der Waals surface area contributed by atoms with Gasteiger partial charge in [0.05, 0.1) is 0 Å². The van der Waals surface area contributed by atoms with Crippen molar-refractivity contribution in [3.8, 4) is 23.0 Å². The molecule has 0 aromatic heterocycles. The summed E-state index contributed by atoms with van der Waals surface area (Å²) >= 11 is 0. The Morgan fingerprint density at radius 1 is 0.824 bits per heavy atom. The fraction of sp³-hybridized carbons (Fsp3) is 0.310. The largest absolute Gasteiger partial charge is 0.508 e. The molecule has 5 nitrogen and oxygen atoms in total. The van der Waals surface area contributed by atoms with E-state index in [2.05, 4.69) is 43.9 Å². The number of ether oxygens (including phenoxy) is 3. The normalized spacial score (nSPS) is 13.2. The molecule has 0 saturated heterocycles. The molecule has 0 amide bonds. The van der Waals surface area contributed by atoms with E-state index in [1.165, 1.54) is 5.57 Å². The first kappa shape index (κ1) is 23.7. The van der Waals surface area contributed by atoms with Crippen LogP contribution in [-0.2, 0) is 0 Å². The van der Waals surface area contributed by atoms with Gasteiger partial charge in [-0.05, 0) is 83.7 Å². The maximum Gasteiger partial charge on any atom is 0.231 e. The fourth-order valence-corrected chi connectivity index (χ4v) is 4.30. The summed E-state index contributed by atoms with van der Waals surface area (Å²) in [5.41, 5.74) is 5.54. The Labute approximate surface area is 202 Å². The van der Waals surface area contributed by atoms with Gasteiger partial charge in [0.2, 0.25) is 6.79 Å². The number of likely N-dealkylation sites (N-methyl/N-ethyl adjacent to an activating group) is 1. The summed E-state index contributed by atoms with van der Waals surface area (Å²) in [4.78, 5) is 2.35. The van der Waals surface area contributed by atoms with Crippen LogP contribution in [0.15, 0.2) is 66.7 Å². The third-order valence-corrected chi connectivity index (χ3v) is 6.25. The summed E-state index contributed by atoms with van der Waals surface area (Å²) in [5, 5.41) is 9.85. The van der Waals surface area contributed by atoms with Crippen molar-refractivity contribution >= 4 is 11.1 Å². The first-order valence-electron chi connectivity index (χ1n) is 12.0. The summed E-state index contributed by atoms with van der Waals surface area (Å²) in [7, 11) is 0. The minimum Gasteiger partial charge on any atom is -0.508 e. The van der Waals surface area contributed by atoms with Gasteiger partial charge in [0.15, 0.2) is 11.5 Å². The van der Waals surface area contributed by atoms with Gasteiger partial charge in [-0.15, -0.1) is 0 Å². The molecule has 0 radical (unpaired) electrons. The number of aromatic hydroxyl groups is 1. The molecule has 5 heteroatoms. The zero-order chi connectivity index (χ0) is 23.9. The van der Waals surface area contributed by atoms with Gasteiger partial charge >= 0.3 is 0 Å². The van der Waals surface area contributed by atoms with Gasteiger partial charge in [0.1, 0.15) is 18.1 Å². The summed E-state index contributed by atoms with van der Waals surface area (Å²) in [5.74, 6) is 2.66. The van der Waals surface area contributed by atoms with Crippen LogP contribution in [0, 0.1) is 0 Å². The molecule has 0 fully saturated rings. The number of phenolic OH excluding ortho intramolecular Hbond substituents is 1. The molecule has 0 spiro atoms. The van der Waals surface area contributed by atoms with Crippen LogP contribution < -0.4 is 14.2 Å². The van der Waals surface area contributed by atoms with Crippen LogP contribution in [0.5, 0.6) is 23.0 Å². The Morgan fingerprint density at radius 3 is 2.09 bits per heavy atom. The van der Waals surface area contributed by atoms with Gasteiger partial charge in [-0.2, -0.15) is 0 Å². The van der Waals surface area contributed by atoms with Crippen molar-refractivity contribution in [2.75, 3.05) is 33.0 Å². The number of hydrogen-bond acceptors (Lipinski definition) is 5. The van der Waals surface area contributed by atoms with Crippen molar-refractivity contribution in [1.82, 2.24) is 4.90 Å². The van der Waals surface area contributed by atoms with Crippen LogP contribution in [0.2, 0.25) is 0 Å². The Balaban J connectivity index is 1.68. The number of rotatable bonds is 10. The fourth-order valence-electron chi connectivity index (χ4n) is 4.30. The molecule has 1 aliphatic rings. The Morgan fingerprint density at radius 2 is 1.44 bits per heavy atom. The lowest BCUT2D eigenvalue weighted by Gasteiger charge is -2.19. The van der Waals surface area contributed by atoms with E-state index in [0.29, 0.717) is 6.61 Å². The van der Waals surface area contributed by atoms with E-state index in [1.54, 1.807) is 12.1 Å². The maximum atomic E-state index is 9.85. The first-order chi connectivity index (χ1) is 16.6. The average Bonchev–Trinajstić information content (AvgIpc) is 3.34. The third-order valence-electron chi connectivity index (χ3n) is 6.25. The van der Waals surface area contributed by atoms with Crippen LogP contribution in [0.4, 0.5) is 0 Å². The Kier molecular flexibility index (Phi) is 7.76. The summed E-state index contributed by atoms with van der Waals surface area (Å²) in [6.07, 6.45) is 0.831. The predicted molar refractivity (Wildman–Crippen MR) is 137 cm³/mol. The zero-order valence-electron chi connectivity index (χ0n) is 20.2. The first-order valence-corrected chi connectivity index (χ1v) is 12.0. The van der Waals surface area contributed by atoms with E-state index in [1.807, 2.05) is 36.4 Å². The molecular weight excluding hydrogens is 426 g/mol. The molecule has 0 saturated carbocycles. The lowest BCUT2D eigenvalue weighted by atomic mass is 9.88. The van der Waals surface area contributed by atoms with Crippen LogP contribution in [0.1, 0.15) is 43.9 Å². The monoisotopic (exact) mass is 459 g/mol. The highest BCUT2D eigenvalue weighted by atomic mass is 16.7. The van der Waals surface area contributed by atoms with Gasteiger partial charge < -0.3 is 24.2 Å². The highest BCUT2D eigenvalue weighted by Crippen LogP contribution is 2.40. The Bertz CT molecular complexity index is 1120.